The Hall–Kier alpha value is -1.42. The van der Waals surface area contributed by atoms with Gasteiger partial charge in [-0.15, -0.1) is 0 Å². The molecule has 0 spiro atoms. The van der Waals surface area contributed by atoms with Crippen molar-refractivity contribution in [2.24, 2.45) is 5.73 Å². The van der Waals surface area contributed by atoms with E-state index in [9.17, 15) is 4.79 Å². The second-order valence-corrected chi connectivity index (χ2v) is 3.47. The maximum atomic E-state index is 11.4. The minimum atomic E-state index is -0.397. The Morgan fingerprint density at radius 3 is 3.07 bits per heavy atom. The van der Waals surface area contributed by atoms with Crippen molar-refractivity contribution >= 4 is 5.91 Å². The number of nitrogens with zero attached hydrogens (tertiary/aromatic N) is 1. The van der Waals surface area contributed by atoms with Crippen LogP contribution in [-0.4, -0.2) is 16.9 Å². The van der Waals surface area contributed by atoms with Gasteiger partial charge in [0.05, 0.1) is 6.04 Å². The third-order valence-electron chi connectivity index (χ3n) is 2.13. The van der Waals surface area contributed by atoms with Crippen LogP contribution in [0.25, 0.3) is 0 Å². The molecule has 3 N–H and O–H groups in total. The molecular weight excluding hydrogens is 190 g/mol. The van der Waals surface area contributed by atoms with E-state index < -0.39 is 6.04 Å². The van der Waals surface area contributed by atoms with Crippen LogP contribution in [-0.2, 0) is 11.3 Å². The van der Waals surface area contributed by atoms with Gasteiger partial charge in [-0.2, -0.15) is 0 Å². The smallest absolute Gasteiger partial charge is 0.237 e. The highest BCUT2D eigenvalue weighted by Crippen LogP contribution is 1.96. The molecule has 1 rings (SSSR count). The van der Waals surface area contributed by atoms with Crippen molar-refractivity contribution in [3.05, 3.63) is 30.1 Å². The molecule has 0 aliphatic heterocycles. The standard InChI is InChI=1S/C11H17N3O/c1-2-4-10(12)11(15)14-8-9-5-3-6-13-7-9/h3,5-7,10H,2,4,8,12H2,1H3,(H,14,15)/t10-/m0/s1. The summed E-state index contributed by atoms with van der Waals surface area (Å²) in [7, 11) is 0. The van der Waals surface area contributed by atoms with Crippen LogP contribution in [0.15, 0.2) is 24.5 Å². The van der Waals surface area contributed by atoms with Gasteiger partial charge in [-0.3, -0.25) is 9.78 Å². The zero-order valence-corrected chi connectivity index (χ0v) is 8.94. The summed E-state index contributed by atoms with van der Waals surface area (Å²) in [4.78, 5) is 15.4. The van der Waals surface area contributed by atoms with E-state index in [0.29, 0.717) is 6.54 Å². The fourth-order valence-electron chi connectivity index (χ4n) is 1.27. The molecule has 1 heterocycles. The molecule has 4 nitrogen and oxygen atoms in total. The summed E-state index contributed by atoms with van der Waals surface area (Å²) in [5, 5.41) is 2.78. The van der Waals surface area contributed by atoms with Crippen molar-refractivity contribution in [3.8, 4) is 0 Å². The highest BCUT2D eigenvalue weighted by atomic mass is 16.2. The predicted molar refractivity (Wildman–Crippen MR) is 59.0 cm³/mol. The van der Waals surface area contributed by atoms with Crippen LogP contribution < -0.4 is 11.1 Å². The Bertz CT molecular complexity index is 300. The van der Waals surface area contributed by atoms with Crippen LogP contribution in [0, 0.1) is 0 Å². The predicted octanol–water partition coefficient (Wildman–Crippen LogP) is 0.825. The molecule has 0 fully saturated rings. The van der Waals surface area contributed by atoms with Gasteiger partial charge >= 0.3 is 0 Å². The van der Waals surface area contributed by atoms with Gasteiger partial charge in [0.15, 0.2) is 0 Å². The summed E-state index contributed by atoms with van der Waals surface area (Å²) in [5.41, 5.74) is 6.65. The number of nitrogens with one attached hydrogen (secondary N) is 1. The van der Waals surface area contributed by atoms with E-state index in [1.807, 2.05) is 19.1 Å². The first-order chi connectivity index (χ1) is 7.24. The zero-order chi connectivity index (χ0) is 11.1. The summed E-state index contributed by atoms with van der Waals surface area (Å²) < 4.78 is 0. The second-order valence-electron chi connectivity index (χ2n) is 3.47. The summed E-state index contributed by atoms with van der Waals surface area (Å²) >= 11 is 0. The summed E-state index contributed by atoms with van der Waals surface area (Å²) in [5.74, 6) is -0.0966. The highest BCUT2D eigenvalue weighted by Gasteiger charge is 2.10. The third-order valence-corrected chi connectivity index (χ3v) is 2.13. The first kappa shape index (κ1) is 11.7. The first-order valence-corrected chi connectivity index (χ1v) is 5.16. The van der Waals surface area contributed by atoms with E-state index in [1.165, 1.54) is 0 Å². The van der Waals surface area contributed by atoms with Crippen LogP contribution in [0.2, 0.25) is 0 Å². The maximum Gasteiger partial charge on any atom is 0.237 e. The van der Waals surface area contributed by atoms with Crippen molar-refractivity contribution in [1.29, 1.82) is 0 Å². The largest absolute Gasteiger partial charge is 0.351 e. The molecule has 1 amide bonds. The van der Waals surface area contributed by atoms with Crippen LogP contribution in [0.4, 0.5) is 0 Å². The maximum absolute atomic E-state index is 11.4. The lowest BCUT2D eigenvalue weighted by atomic mass is 10.1. The van der Waals surface area contributed by atoms with Crippen LogP contribution in [0.3, 0.4) is 0 Å². The number of aromatic nitrogens is 1. The molecule has 1 aromatic rings. The van der Waals surface area contributed by atoms with E-state index in [2.05, 4.69) is 10.3 Å². The number of nitrogens with two attached hydrogens (primary N) is 1. The number of hydrogen-bond acceptors (Lipinski definition) is 3. The molecule has 0 aliphatic rings. The van der Waals surface area contributed by atoms with Crippen molar-refractivity contribution in [3.63, 3.8) is 0 Å². The minimum Gasteiger partial charge on any atom is -0.351 e. The van der Waals surface area contributed by atoms with Crippen molar-refractivity contribution < 1.29 is 4.79 Å². The number of pyridine rings is 1. The lowest BCUT2D eigenvalue weighted by Gasteiger charge is -2.10. The van der Waals surface area contributed by atoms with E-state index in [1.54, 1.807) is 12.4 Å². The molecule has 0 unspecified atom stereocenters. The Balaban J connectivity index is 2.34. The molecule has 0 aliphatic carbocycles. The zero-order valence-electron chi connectivity index (χ0n) is 8.94. The lowest BCUT2D eigenvalue weighted by Crippen LogP contribution is -2.40. The van der Waals surface area contributed by atoms with Gasteiger partial charge in [0, 0.05) is 18.9 Å². The third kappa shape index (κ3) is 4.08. The molecule has 15 heavy (non-hydrogen) atoms. The molecule has 0 saturated carbocycles. The molecule has 82 valence electrons. The number of hydrogen-bond donors (Lipinski definition) is 2. The molecule has 4 heteroatoms. The summed E-state index contributed by atoms with van der Waals surface area (Å²) in [6.07, 6.45) is 5.07. The van der Waals surface area contributed by atoms with Crippen molar-refractivity contribution in [2.45, 2.75) is 32.4 Å². The molecule has 0 radical (unpaired) electrons. The van der Waals surface area contributed by atoms with Gasteiger partial charge in [-0.1, -0.05) is 19.4 Å². The Labute approximate surface area is 89.9 Å². The molecule has 1 aromatic heterocycles. The molecule has 0 saturated heterocycles. The SMILES string of the molecule is CCC[C@H](N)C(=O)NCc1cccnc1. The van der Waals surface area contributed by atoms with Gasteiger partial charge in [0.2, 0.25) is 5.91 Å². The molecule has 0 aromatic carbocycles. The topological polar surface area (TPSA) is 68.0 Å². The molecule has 1 atom stereocenters. The number of amides is 1. The van der Waals surface area contributed by atoms with Crippen LogP contribution >= 0.6 is 0 Å². The van der Waals surface area contributed by atoms with Crippen molar-refractivity contribution in [1.82, 2.24) is 10.3 Å². The van der Waals surface area contributed by atoms with E-state index in [0.717, 1.165) is 18.4 Å². The van der Waals surface area contributed by atoms with Gasteiger partial charge in [0.25, 0.3) is 0 Å². The molecular formula is C11H17N3O. The first-order valence-electron chi connectivity index (χ1n) is 5.16. The fraction of sp³-hybridized carbons (Fsp3) is 0.455. The average Bonchev–Trinajstić information content (AvgIpc) is 2.27. The van der Waals surface area contributed by atoms with Crippen LogP contribution in [0.5, 0.6) is 0 Å². The van der Waals surface area contributed by atoms with Gasteiger partial charge < -0.3 is 11.1 Å². The summed E-state index contributed by atoms with van der Waals surface area (Å²) in [6, 6.07) is 3.36. The summed E-state index contributed by atoms with van der Waals surface area (Å²) in [6.45, 7) is 2.50. The Kier molecular flexibility index (Phi) is 4.77. The fourth-order valence-corrected chi connectivity index (χ4v) is 1.27. The normalized spacial score (nSPS) is 12.1. The van der Waals surface area contributed by atoms with Gasteiger partial charge in [-0.25, -0.2) is 0 Å². The van der Waals surface area contributed by atoms with E-state index >= 15 is 0 Å². The second kappa shape index (κ2) is 6.14. The van der Waals surface area contributed by atoms with E-state index in [4.69, 9.17) is 5.73 Å². The van der Waals surface area contributed by atoms with E-state index in [-0.39, 0.29) is 5.91 Å². The number of rotatable bonds is 5. The lowest BCUT2D eigenvalue weighted by molar-refractivity contribution is -0.122. The molecule has 0 bridgehead atoms. The van der Waals surface area contributed by atoms with Crippen molar-refractivity contribution in [2.75, 3.05) is 0 Å². The number of carbonyl (C=O) groups excluding carboxylic acids is 1. The Morgan fingerprint density at radius 1 is 1.67 bits per heavy atom. The average molecular weight is 207 g/mol. The van der Waals surface area contributed by atoms with Gasteiger partial charge in [-0.05, 0) is 18.1 Å². The highest BCUT2D eigenvalue weighted by molar-refractivity contribution is 5.81. The van der Waals surface area contributed by atoms with Gasteiger partial charge in [0.1, 0.15) is 0 Å². The number of carbonyl (C=O) groups is 1. The Morgan fingerprint density at radius 2 is 2.47 bits per heavy atom. The quantitative estimate of drug-likeness (QED) is 0.751. The van der Waals surface area contributed by atoms with Crippen LogP contribution in [0.1, 0.15) is 25.3 Å². The monoisotopic (exact) mass is 207 g/mol. The minimum absolute atomic E-state index is 0.0966.